The van der Waals surface area contributed by atoms with Crippen LogP contribution in [0.5, 0.6) is 0 Å². The first-order valence-corrected chi connectivity index (χ1v) is 9.45. The van der Waals surface area contributed by atoms with Crippen LogP contribution in [0.1, 0.15) is 32.8 Å². The average molecular weight is 267 g/mol. The molecule has 0 aromatic carbocycles. The summed E-state index contributed by atoms with van der Waals surface area (Å²) in [7, 11) is -1.62. The maximum atomic E-state index is 11.1. The summed E-state index contributed by atoms with van der Waals surface area (Å²) >= 11 is 0. The molecule has 4 heteroatoms. The van der Waals surface area contributed by atoms with Gasteiger partial charge < -0.3 is 9.41 Å². The van der Waals surface area contributed by atoms with Crippen molar-refractivity contribution in [2.45, 2.75) is 51.7 Å². The van der Waals surface area contributed by atoms with Crippen molar-refractivity contribution in [1.29, 1.82) is 0 Å². The number of H-pyrrole nitrogens is 1. The molecule has 102 valence electrons. The number of aromatic nitrogens is 1. The SMILES string of the molecule is CC(C)(C)[Si](C)(C)OCCCc1cc[nH]c(=O)c1. The standard InChI is InChI=1S/C14H25NO2Si/c1-14(2,3)18(4,5)17-10-6-7-12-8-9-15-13(16)11-12/h8-9,11H,6-7,10H2,1-5H3,(H,15,16). The lowest BCUT2D eigenvalue weighted by atomic mass is 10.1. The van der Waals surface area contributed by atoms with Crippen LogP contribution in [0.4, 0.5) is 0 Å². The Balaban J connectivity index is 2.38. The van der Waals surface area contributed by atoms with Gasteiger partial charge in [-0.05, 0) is 42.6 Å². The van der Waals surface area contributed by atoms with Crippen molar-refractivity contribution in [3.8, 4) is 0 Å². The highest BCUT2D eigenvalue weighted by molar-refractivity contribution is 6.74. The van der Waals surface area contributed by atoms with E-state index in [9.17, 15) is 4.79 Å². The summed E-state index contributed by atoms with van der Waals surface area (Å²) in [6, 6.07) is 3.61. The van der Waals surface area contributed by atoms with Crippen molar-refractivity contribution in [2.75, 3.05) is 6.61 Å². The molecule has 0 spiro atoms. The van der Waals surface area contributed by atoms with Gasteiger partial charge in [-0.15, -0.1) is 0 Å². The van der Waals surface area contributed by atoms with E-state index in [1.807, 2.05) is 6.07 Å². The van der Waals surface area contributed by atoms with Gasteiger partial charge in [-0.2, -0.15) is 0 Å². The Morgan fingerprint density at radius 3 is 2.56 bits per heavy atom. The fourth-order valence-electron chi connectivity index (χ4n) is 1.46. The highest BCUT2D eigenvalue weighted by atomic mass is 28.4. The van der Waals surface area contributed by atoms with Crippen molar-refractivity contribution in [2.24, 2.45) is 0 Å². The smallest absolute Gasteiger partial charge is 0.248 e. The molecular weight excluding hydrogens is 242 g/mol. The minimum absolute atomic E-state index is 0.0298. The summed E-state index contributed by atoms with van der Waals surface area (Å²) in [6.45, 7) is 12.0. The third kappa shape index (κ3) is 4.42. The number of rotatable bonds is 5. The largest absolute Gasteiger partial charge is 0.417 e. The lowest BCUT2D eigenvalue weighted by molar-refractivity contribution is 0.282. The molecular formula is C14H25NO2Si. The molecule has 0 amide bonds. The van der Waals surface area contributed by atoms with Crippen LogP contribution in [-0.2, 0) is 10.8 Å². The Hall–Kier alpha value is -0.873. The van der Waals surface area contributed by atoms with Crippen LogP contribution < -0.4 is 5.56 Å². The molecule has 0 radical (unpaired) electrons. The zero-order chi connectivity index (χ0) is 13.8. The van der Waals surface area contributed by atoms with Gasteiger partial charge in [-0.1, -0.05) is 20.8 Å². The molecule has 1 heterocycles. The topological polar surface area (TPSA) is 42.1 Å². The predicted octanol–water partition coefficient (Wildman–Crippen LogP) is 3.33. The van der Waals surface area contributed by atoms with Crippen molar-refractivity contribution in [3.05, 3.63) is 34.2 Å². The van der Waals surface area contributed by atoms with E-state index in [1.165, 1.54) is 0 Å². The van der Waals surface area contributed by atoms with E-state index < -0.39 is 8.32 Å². The molecule has 1 N–H and O–H groups in total. The third-order valence-electron chi connectivity index (χ3n) is 3.72. The van der Waals surface area contributed by atoms with Gasteiger partial charge in [0.15, 0.2) is 8.32 Å². The number of aryl methyl sites for hydroxylation is 1. The highest BCUT2D eigenvalue weighted by Gasteiger charge is 2.36. The molecule has 0 unspecified atom stereocenters. The second-order valence-corrected chi connectivity index (χ2v) is 11.1. The van der Waals surface area contributed by atoms with E-state index in [0.717, 1.165) is 25.0 Å². The maximum absolute atomic E-state index is 11.1. The number of hydrogen-bond donors (Lipinski definition) is 1. The molecule has 0 aliphatic heterocycles. The monoisotopic (exact) mass is 267 g/mol. The Morgan fingerprint density at radius 1 is 1.33 bits per heavy atom. The lowest BCUT2D eigenvalue weighted by Gasteiger charge is -2.36. The number of aromatic amines is 1. The van der Waals surface area contributed by atoms with E-state index in [0.29, 0.717) is 0 Å². The summed E-state index contributed by atoms with van der Waals surface area (Å²) < 4.78 is 6.10. The molecule has 3 nitrogen and oxygen atoms in total. The van der Waals surface area contributed by atoms with E-state index in [-0.39, 0.29) is 10.6 Å². The fourth-order valence-corrected chi connectivity index (χ4v) is 2.55. The van der Waals surface area contributed by atoms with Crippen LogP contribution in [0.15, 0.2) is 23.1 Å². The van der Waals surface area contributed by atoms with Gasteiger partial charge in [0, 0.05) is 18.9 Å². The predicted molar refractivity (Wildman–Crippen MR) is 78.5 cm³/mol. The Morgan fingerprint density at radius 2 is 2.00 bits per heavy atom. The molecule has 1 aromatic rings. The van der Waals surface area contributed by atoms with Gasteiger partial charge in [0.2, 0.25) is 5.56 Å². The molecule has 0 saturated carbocycles. The zero-order valence-electron chi connectivity index (χ0n) is 12.2. The van der Waals surface area contributed by atoms with Crippen LogP contribution in [0, 0.1) is 0 Å². The Bertz CT molecular complexity index is 432. The molecule has 0 atom stereocenters. The van der Waals surface area contributed by atoms with Crippen LogP contribution in [0.3, 0.4) is 0 Å². The first-order chi connectivity index (χ1) is 8.22. The summed E-state index contributed by atoms with van der Waals surface area (Å²) in [5.74, 6) is 0. The van der Waals surface area contributed by atoms with E-state index in [4.69, 9.17) is 4.43 Å². The summed E-state index contributed by atoms with van der Waals surface area (Å²) in [4.78, 5) is 13.8. The van der Waals surface area contributed by atoms with Crippen molar-refractivity contribution < 1.29 is 4.43 Å². The molecule has 1 rings (SSSR count). The third-order valence-corrected chi connectivity index (χ3v) is 8.26. The van der Waals surface area contributed by atoms with Gasteiger partial charge >= 0.3 is 0 Å². The zero-order valence-corrected chi connectivity index (χ0v) is 13.2. The minimum atomic E-state index is -1.62. The molecule has 1 aromatic heterocycles. The van der Waals surface area contributed by atoms with Crippen molar-refractivity contribution in [1.82, 2.24) is 4.98 Å². The minimum Gasteiger partial charge on any atom is -0.417 e. The first kappa shape index (κ1) is 15.2. The van der Waals surface area contributed by atoms with Crippen molar-refractivity contribution in [3.63, 3.8) is 0 Å². The van der Waals surface area contributed by atoms with Gasteiger partial charge in [-0.3, -0.25) is 4.79 Å². The second-order valence-electron chi connectivity index (χ2n) is 6.27. The van der Waals surface area contributed by atoms with E-state index in [1.54, 1.807) is 12.3 Å². The molecule has 18 heavy (non-hydrogen) atoms. The molecule has 0 aliphatic rings. The van der Waals surface area contributed by atoms with Crippen LogP contribution in [-0.4, -0.2) is 19.9 Å². The normalized spacial score (nSPS) is 12.7. The average Bonchev–Trinajstić information content (AvgIpc) is 2.23. The number of pyridine rings is 1. The lowest BCUT2D eigenvalue weighted by Crippen LogP contribution is -2.41. The van der Waals surface area contributed by atoms with Gasteiger partial charge in [-0.25, -0.2) is 0 Å². The van der Waals surface area contributed by atoms with Gasteiger partial charge in [0.25, 0.3) is 0 Å². The maximum Gasteiger partial charge on any atom is 0.248 e. The van der Waals surface area contributed by atoms with Crippen LogP contribution in [0.25, 0.3) is 0 Å². The quantitative estimate of drug-likeness (QED) is 0.657. The summed E-state index contributed by atoms with van der Waals surface area (Å²) in [5.41, 5.74) is 1.05. The second kappa shape index (κ2) is 5.84. The van der Waals surface area contributed by atoms with E-state index in [2.05, 4.69) is 38.8 Å². The van der Waals surface area contributed by atoms with Crippen LogP contribution >= 0.6 is 0 Å². The number of hydrogen-bond acceptors (Lipinski definition) is 2. The highest BCUT2D eigenvalue weighted by Crippen LogP contribution is 2.36. The fraction of sp³-hybridized carbons (Fsp3) is 0.643. The van der Waals surface area contributed by atoms with Gasteiger partial charge in [0.1, 0.15) is 0 Å². The molecule has 0 aliphatic carbocycles. The van der Waals surface area contributed by atoms with Gasteiger partial charge in [0.05, 0.1) is 0 Å². The molecule has 0 saturated heterocycles. The number of nitrogens with one attached hydrogen (secondary N) is 1. The Labute approximate surface area is 111 Å². The first-order valence-electron chi connectivity index (χ1n) is 6.54. The summed E-state index contributed by atoms with van der Waals surface area (Å²) in [5, 5.41) is 0.261. The van der Waals surface area contributed by atoms with E-state index >= 15 is 0 Å². The van der Waals surface area contributed by atoms with Crippen molar-refractivity contribution >= 4 is 8.32 Å². The Kier molecular flexibility index (Phi) is 4.93. The van der Waals surface area contributed by atoms with Crippen LogP contribution in [0.2, 0.25) is 18.1 Å². The molecule has 0 bridgehead atoms. The molecule has 0 fully saturated rings. The summed E-state index contributed by atoms with van der Waals surface area (Å²) in [6.07, 6.45) is 3.57.